The molecular formula is C28H24F8N6. The summed E-state index contributed by atoms with van der Waals surface area (Å²) >= 11 is 0. The number of anilines is 1. The Balaban J connectivity index is 1.55. The van der Waals surface area contributed by atoms with E-state index in [1.807, 2.05) is 30.3 Å². The Kier molecular flexibility index (Phi) is 7.35. The van der Waals surface area contributed by atoms with Gasteiger partial charge in [-0.3, -0.25) is 0 Å². The summed E-state index contributed by atoms with van der Waals surface area (Å²) in [6.45, 7) is 4.21. The Morgan fingerprint density at radius 3 is 2.36 bits per heavy atom. The molecule has 0 amide bonds. The molecule has 5 rings (SSSR count). The maximum absolute atomic E-state index is 15.1. The van der Waals surface area contributed by atoms with Gasteiger partial charge in [0.05, 0.1) is 17.0 Å². The quantitative estimate of drug-likeness (QED) is 0.248. The molecule has 6 nitrogen and oxygen atoms in total. The van der Waals surface area contributed by atoms with E-state index in [0.717, 1.165) is 12.5 Å². The lowest BCUT2D eigenvalue weighted by Crippen LogP contribution is -2.55. The van der Waals surface area contributed by atoms with Gasteiger partial charge in [0.1, 0.15) is 23.0 Å². The number of fused-ring (bicyclic) bond motifs is 1. The van der Waals surface area contributed by atoms with Crippen molar-refractivity contribution in [3.8, 4) is 11.3 Å². The molecule has 1 fully saturated rings. The predicted molar refractivity (Wildman–Crippen MR) is 139 cm³/mol. The van der Waals surface area contributed by atoms with Crippen LogP contribution in [0.1, 0.15) is 16.7 Å². The molecule has 1 aliphatic rings. The van der Waals surface area contributed by atoms with Crippen molar-refractivity contribution in [1.82, 2.24) is 24.6 Å². The number of aromatic nitrogens is 4. The van der Waals surface area contributed by atoms with Crippen molar-refractivity contribution in [1.29, 1.82) is 0 Å². The average Bonchev–Trinajstić information content (AvgIpc) is 3.26. The van der Waals surface area contributed by atoms with Crippen molar-refractivity contribution in [3.05, 3.63) is 83.2 Å². The molecule has 14 heteroatoms. The van der Waals surface area contributed by atoms with E-state index in [0.29, 0.717) is 12.5 Å². The average molecular weight is 597 g/mol. The van der Waals surface area contributed by atoms with Gasteiger partial charge in [-0.1, -0.05) is 36.9 Å². The zero-order valence-corrected chi connectivity index (χ0v) is 22.4. The first-order chi connectivity index (χ1) is 19.7. The minimum absolute atomic E-state index is 0.0120. The summed E-state index contributed by atoms with van der Waals surface area (Å²) in [6, 6.07) is 9.01. The first kappa shape index (κ1) is 29.3. The molecule has 2 aromatic heterocycles. The zero-order valence-electron chi connectivity index (χ0n) is 22.4. The summed E-state index contributed by atoms with van der Waals surface area (Å²) in [6.07, 6.45) is -8.04. The van der Waals surface area contributed by atoms with Gasteiger partial charge in [-0.15, -0.1) is 0 Å². The lowest BCUT2D eigenvalue weighted by atomic mass is 10.0. The number of alkyl halides is 6. The molecule has 0 bridgehead atoms. The molecule has 1 unspecified atom stereocenters. The van der Waals surface area contributed by atoms with Crippen LogP contribution in [0.5, 0.6) is 0 Å². The van der Waals surface area contributed by atoms with E-state index in [1.165, 1.54) is 22.8 Å². The third kappa shape index (κ3) is 5.37. The van der Waals surface area contributed by atoms with Crippen LogP contribution in [0.2, 0.25) is 0 Å². The van der Waals surface area contributed by atoms with Crippen LogP contribution in [0, 0.1) is 18.6 Å². The number of hydrogen-bond acceptors (Lipinski definition) is 5. The second kappa shape index (κ2) is 10.6. The highest BCUT2D eigenvalue weighted by atomic mass is 19.4. The number of halogens is 8. The number of rotatable bonds is 5. The lowest BCUT2D eigenvalue weighted by Gasteiger charge is -2.43. The van der Waals surface area contributed by atoms with E-state index in [2.05, 4.69) is 21.6 Å². The summed E-state index contributed by atoms with van der Waals surface area (Å²) < 4.78 is 111. The first-order valence-corrected chi connectivity index (χ1v) is 12.7. The maximum Gasteiger partial charge on any atom is 0.430 e. The van der Waals surface area contributed by atoms with Gasteiger partial charge in [0.15, 0.2) is 5.65 Å². The fraction of sp³-hybridized carbons (Fsp3) is 0.321. The Morgan fingerprint density at radius 2 is 1.71 bits per heavy atom. The van der Waals surface area contributed by atoms with Gasteiger partial charge in [-0.25, -0.2) is 18.4 Å². The van der Waals surface area contributed by atoms with Gasteiger partial charge in [0, 0.05) is 44.0 Å². The lowest BCUT2D eigenvalue weighted by molar-refractivity contribution is -0.140. The molecule has 0 aliphatic carbocycles. The number of nitrogens with zero attached hydrogens (tertiary/aromatic N) is 6. The van der Waals surface area contributed by atoms with Crippen LogP contribution < -0.4 is 4.90 Å². The minimum atomic E-state index is -5.07. The van der Waals surface area contributed by atoms with Crippen molar-refractivity contribution in [2.75, 3.05) is 24.5 Å². The summed E-state index contributed by atoms with van der Waals surface area (Å²) in [5.41, 5.74) is -3.15. The maximum atomic E-state index is 15.1. The molecule has 1 atom stereocenters. The van der Waals surface area contributed by atoms with E-state index >= 15 is 4.39 Å². The molecule has 1 aliphatic heterocycles. The second-order valence-electron chi connectivity index (χ2n) is 10.0. The highest BCUT2D eigenvalue weighted by molar-refractivity contribution is 5.91. The van der Waals surface area contributed by atoms with Gasteiger partial charge in [-0.05, 0) is 25.0 Å². The van der Waals surface area contributed by atoms with Crippen LogP contribution in [-0.2, 0) is 19.6 Å². The number of benzene rings is 2. The van der Waals surface area contributed by atoms with E-state index in [1.54, 1.807) is 4.90 Å². The van der Waals surface area contributed by atoms with E-state index in [4.69, 9.17) is 0 Å². The highest BCUT2D eigenvalue weighted by Gasteiger charge is 2.40. The van der Waals surface area contributed by atoms with Crippen molar-refractivity contribution in [2.45, 2.75) is 31.7 Å². The number of piperazine rings is 1. The molecular weight excluding hydrogens is 572 g/mol. The Labute approximate surface area is 234 Å². The van der Waals surface area contributed by atoms with Crippen molar-refractivity contribution < 1.29 is 35.1 Å². The molecule has 0 saturated carbocycles. The van der Waals surface area contributed by atoms with Crippen molar-refractivity contribution in [3.63, 3.8) is 0 Å². The van der Waals surface area contributed by atoms with Crippen LogP contribution >= 0.6 is 0 Å². The normalized spacial score (nSPS) is 16.4. The van der Waals surface area contributed by atoms with Gasteiger partial charge < -0.3 is 9.80 Å². The largest absolute Gasteiger partial charge is 0.430 e. The van der Waals surface area contributed by atoms with E-state index in [-0.39, 0.29) is 42.3 Å². The van der Waals surface area contributed by atoms with Crippen LogP contribution in [-0.4, -0.2) is 56.5 Å². The van der Waals surface area contributed by atoms with Crippen LogP contribution in [0.3, 0.4) is 0 Å². The number of hydrogen-bond donors (Lipinski definition) is 0. The highest BCUT2D eigenvalue weighted by Crippen LogP contribution is 2.39. The topological polar surface area (TPSA) is 50.1 Å². The third-order valence-corrected chi connectivity index (χ3v) is 7.31. The molecule has 3 heterocycles. The predicted octanol–water partition coefficient (Wildman–Crippen LogP) is 6.45. The Bertz CT molecular complexity index is 1640. The molecule has 4 aromatic rings. The molecule has 0 radical (unpaired) electrons. The molecule has 2 aromatic carbocycles. The molecule has 0 N–H and O–H groups in total. The third-order valence-electron chi connectivity index (χ3n) is 7.31. The fourth-order valence-corrected chi connectivity index (χ4v) is 5.12. The Hall–Kier alpha value is -4.23. The van der Waals surface area contributed by atoms with Gasteiger partial charge in [0.2, 0.25) is 5.95 Å². The SMILES string of the molecule is C=C(N1CCN(c2ncc3c(-c4cc(C(F)(F)F)c(F)c(C)c4F)nn(C)c3n2)C(Cc2ccccc2)C1)C(F)(F)F. The number of aryl methyl sites for hydroxylation is 1. The van der Waals surface area contributed by atoms with E-state index < -0.39 is 52.4 Å². The summed E-state index contributed by atoms with van der Waals surface area (Å²) in [7, 11) is 1.45. The van der Waals surface area contributed by atoms with Crippen molar-refractivity contribution in [2.24, 2.45) is 7.05 Å². The smallest absolute Gasteiger partial charge is 0.364 e. The van der Waals surface area contributed by atoms with E-state index in [9.17, 15) is 30.7 Å². The van der Waals surface area contributed by atoms with Gasteiger partial charge in [-0.2, -0.15) is 36.4 Å². The van der Waals surface area contributed by atoms with Crippen molar-refractivity contribution >= 4 is 17.0 Å². The van der Waals surface area contributed by atoms with Crippen LogP contribution in [0.4, 0.5) is 41.1 Å². The standard InChI is InChI=1S/C28H24F8N6/c1-15-22(29)19(12-21(23(15)30)28(34,35)36)24-20-13-37-26(38-25(20)40(3)39-24)42-10-9-41(16(2)27(31,32)33)14-18(42)11-17-7-5-4-6-8-17/h4-8,12-13,18H,2,9-11,14H2,1,3H3. The fourth-order valence-electron chi connectivity index (χ4n) is 5.12. The van der Waals surface area contributed by atoms with Gasteiger partial charge in [0.25, 0.3) is 0 Å². The van der Waals surface area contributed by atoms with Crippen LogP contribution in [0.15, 0.2) is 54.9 Å². The second-order valence-corrected chi connectivity index (χ2v) is 10.0. The molecule has 0 spiro atoms. The summed E-state index contributed by atoms with van der Waals surface area (Å²) in [5.74, 6) is -2.75. The van der Waals surface area contributed by atoms with Crippen LogP contribution in [0.25, 0.3) is 22.3 Å². The zero-order chi connectivity index (χ0) is 30.6. The molecule has 1 saturated heterocycles. The summed E-state index contributed by atoms with van der Waals surface area (Å²) in [5, 5.41) is 4.28. The molecule has 222 valence electrons. The monoisotopic (exact) mass is 596 g/mol. The minimum Gasteiger partial charge on any atom is -0.364 e. The van der Waals surface area contributed by atoms with Gasteiger partial charge >= 0.3 is 12.4 Å². The Morgan fingerprint density at radius 1 is 1.02 bits per heavy atom. The molecule has 42 heavy (non-hydrogen) atoms. The number of allylic oxidation sites excluding steroid dienone is 1. The first-order valence-electron chi connectivity index (χ1n) is 12.7. The summed E-state index contributed by atoms with van der Waals surface area (Å²) in [4.78, 5) is 11.8.